The Morgan fingerprint density at radius 3 is 1.57 bits per heavy atom. The van der Waals surface area contributed by atoms with Crippen LogP contribution in [0.5, 0.6) is 0 Å². The fourth-order valence-corrected chi connectivity index (χ4v) is 5.96. The van der Waals surface area contributed by atoms with Crippen molar-refractivity contribution in [1.82, 2.24) is 0 Å². The van der Waals surface area contributed by atoms with E-state index in [1.807, 2.05) is 64.1 Å². The molecule has 0 atom stereocenters. The number of fused-ring (bicyclic) bond motifs is 2. The molecule has 0 aromatic heterocycles. The van der Waals surface area contributed by atoms with E-state index in [1.54, 1.807) is 0 Å². The molecule has 5 nitrogen and oxygen atoms in total. The van der Waals surface area contributed by atoms with Gasteiger partial charge in [-0.05, 0) is 111 Å². The molecule has 0 spiro atoms. The van der Waals surface area contributed by atoms with Crippen LogP contribution >= 0.6 is 44.1 Å². The predicted octanol–water partition coefficient (Wildman–Crippen LogP) is 9.99. The summed E-state index contributed by atoms with van der Waals surface area (Å²) in [5, 5.41) is 6.27. The molecule has 2 aliphatic rings. The highest BCUT2D eigenvalue weighted by Gasteiger charge is 2.34. The van der Waals surface area contributed by atoms with Crippen molar-refractivity contribution in [3.05, 3.63) is 105 Å². The average Bonchev–Trinajstić information content (AvgIpc) is 2.88. The summed E-state index contributed by atoms with van der Waals surface area (Å²) in [6.07, 6.45) is -0.405. The van der Waals surface area contributed by atoms with Gasteiger partial charge in [-0.25, -0.2) is 4.79 Å². The molecule has 8 heteroatoms. The van der Waals surface area contributed by atoms with Crippen molar-refractivity contribution < 1.29 is 14.3 Å². The second-order valence-electron chi connectivity index (χ2n) is 10.6. The summed E-state index contributed by atoms with van der Waals surface area (Å²) in [7, 11) is 0. The third-order valence-corrected chi connectivity index (χ3v) is 7.99. The fourth-order valence-electron chi connectivity index (χ4n) is 4.84. The molecule has 2 aliphatic heterocycles. The molecule has 0 unspecified atom stereocenters. The Morgan fingerprint density at radius 2 is 1.07 bits per heavy atom. The molecule has 2 heterocycles. The zero-order valence-electron chi connectivity index (χ0n) is 22.5. The van der Waals surface area contributed by atoms with Crippen molar-refractivity contribution in [2.75, 3.05) is 10.6 Å². The number of hydrogen-bond donors (Lipinski definition) is 2. The lowest BCUT2D eigenvalue weighted by molar-refractivity contribution is 0.0421. The number of carbonyl (C=O) groups is 1. The van der Waals surface area contributed by atoms with Gasteiger partial charge in [-0.15, -0.1) is 0 Å². The first-order valence-electron chi connectivity index (χ1n) is 12.7. The van der Waals surface area contributed by atoms with E-state index >= 15 is 0 Å². The van der Waals surface area contributed by atoms with Crippen LogP contribution in [0.25, 0.3) is 22.3 Å². The smallest absolute Gasteiger partial charge is 0.412 e. The molecule has 40 heavy (non-hydrogen) atoms. The first-order chi connectivity index (χ1) is 18.9. The van der Waals surface area contributed by atoms with E-state index in [4.69, 9.17) is 21.7 Å². The number of rotatable bonds is 2. The minimum atomic E-state index is -0.625. The maximum absolute atomic E-state index is 11.5. The zero-order valence-corrected chi connectivity index (χ0v) is 26.5. The topological polar surface area (TPSA) is 59.6 Å². The molecule has 4 aromatic carbocycles. The summed E-state index contributed by atoms with van der Waals surface area (Å²) >= 11 is 12.1. The summed E-state index contributed by atoms with van der Waals surface area (Å²) in [6, 6.07) is 28.7. The Kier molecular flexibility index (Phi) is 7.79. The molecule has 0 saturated heterocycles. The molecule has 0 aliphatic carbocycles. The minimum absolute atomic E-state index is 0.405. The maximum Gasteiger partial charge on any atom is 0.412 e. The van der Waals surface area contributed by atoms with E-state index < -0.39 is 17.3 Å². The van der Waals surface area contributed by atoms with Gasteiger partial charge in [0.25, 0.3) is 5.17 Å². The van der Waals surface area contributed by atoms with Gasteiger partial charge in [-0.2, -0.15) is 0 Å². The molecule has 6 rings (SSSR count). The first-order valence-corrected chi connectivity index (χ1v) is 14.7. The van der Waals surface area contributed by atoms with Gasteiger partial charge in [-0.1, -0.05) is 68.3 Å². The van der Waals surface area contributed by atoms with E-state index in [2.05, 4.69) is 91.0 Å². The van der Waals surface area contributed by atoms with Gasteiger partial charge in [0.15, 0.2) is 0 Å². The molecule has 0 saturated carbocycles. The van der Waals surface area contributed by atoms with Crippen molar-refractivity contribution >= 4 is 66.7 Å². The summed E-state index contributed by atoms with van der Waals surface area (Å²) in [5.41, 5.74) is 7.43. The summed E-state index contributed by atoms with van der Waals surface area (Å²) in [6.45, 7) is 7.86. The van der Waals surface area contributed by atoms with Gasteiger partial charge in [-0.3, -0.25) is 5.32 Å². The number of amides is 1. The lowest BCUT2D eigenvalue weighted by Gasteiger charge is -2.34. The highest BCUT2D eigenvalue weighted by Crippen LogP contribution is 2.39. The van der Waals surface area contributed by atoms with Crippen LogP contribution in [-0.4, -0.2) is 11.3 Å². The van der Waals surface area contributed by atoms with Crippen LogP contribution in [0.15, 0.2) is 93.9 Å². The van der Waals surface area contributed by atoms with Crippen molar-refractivity contribution in [3.8, 4) is 22.3 Å². The second-order valence-corrected chi connectivity index (χ2v) is 12.8. The number of carbonyl (C=O) groups excluding carboxylic acids is 1. The standard InChI is InChI=1S/C16H14BrNO2.C16H14BrNOS/c1-16(2)13-9-11(10-4-3-5-12(17)8-10)6-7-14(13)18-15(19)20-16;1-16(2)13-9-11(10-4-3-5-12(17)8-10)6-7-14(13)18-15(20)19-16/h3-9H,1-2H3,(H,18,19);3-9H,1-2H3,(H,18,20). The van der Waals surface area contributed by atoms with Gasteiger partial charge in [0.05, 0.1) is 5.69 Å². The first kappa shape index (κ1) is 28.3. The molecule has 4 aromatic rings. The molecule has 0 bridgehead atoms. The molecular formula is C32H28Br2N2O3S. The number of anilines is 2. The Hall–Kier alpha value is -3.20. The summed E-state index contributed by atoms with van der Waals surface area (Å²) < 4.78 is 13.2. The van der Waals surface area contributed by atoms with E-state index in [-0.39, 0.29) is 0 Å². The Morgan fingerprint density at radius 1 is 0.625 bits per heavy atom. The number of nitrogens with one attached hydrogen (secondary N) is 2. The summed E-state index contributed by atoms with van der Waals surface area (Å²) in [4.78, 5) is 11.5. The third kappa shape index (κ3) is 6.09. The lowest BCUT2D eigenvalue weighted by atomic mass is 9.91. The molecule has 0 fully saturated rings. The largest absolute Gasteiger partial charge is 0.460 e. The number of hydrogen-bond acceptors (Lipinski definition) is 4. The number of halogens is 2. The van der Waals surface area contributed by atoms with Gasteiger partial charge in [0.1, 0.15) is 11.2 Å². The Bertz CT molecular complexity index is 1510. The lowest BCUT2D eigenvalue weighted by Crippen LogP contribution is -2.34. The number of thiocarbonyl (C=S) groups is 1. The SMILES string of the molecule is CC1(C)OC(=O)Nc2ccc(-c3cccc(Br)c3)cc21.CC1(C)OC(=S)Nc2ccc(-c3cccc(Br)c3)cc21. The zero-order chi connectivity index (χ0) is 28.7. The minimum Gasteiger partial charge on any atom is -0.460 e. The highest BCUT2D eigenvalue weighted by atomic mass is 79.9. The second kappa shape index (κ2) is 11.0. The number of ether oxygens (including phenoxy) is 2. The van der Waals surface area contributed by atoms with Crippen LogP contribution in [0.3, 0.4) is 0 Å². The van der Waals surface area contributed by atoms with Gasteiger partial charge in [0.2, 0.25) is 0 Å². The number of benzene rings is 4. The molecule has 1 amide bonds. The quantitative estimate of drug-likeness (QED) is 0.207. The van der Waals surface area contributed by atoms with Crippen LogP contribution in [0, 0.1) is 0 Å². The van der Waals surface area contributed by atoms with Crippen LogP contribution < -0.4 is 10.6 Å². The van der Waals surface area contributed by atoms with Crippen LogP contribution in [0.2, 0.25) is 0 Å². The summed E-state index contributed by atoms with van der Waals surface area (Å²) in [5.74, 6) is 0. The van der Waals surface area contributed by atoms with Gasteiger partial charge >= 0.3 is 6.09 Å². The Balaban J connectivity index is 0.000000161. The highest BCUT2D eigenvalue weighted by molar-refractivity contribution is 9.10. The van der Waals surface area contributed by atoms with Crippen molar-refractivity contribution in [2.45, 2.75) is 38.9 Å². The van der Waals surface area contributed by atoms with Gasteiger partial charge in [0, 0.05) is 25.8 Å². The molecule has 2 N–H and O–H groups in total. The van der Waals surface area contributed by atoms with Crippen molar-refractivity contribution in [2.24, 2.45) is 0 Å². The van der Waals surface area contributed by atoms with Gasteiger partial charge < -0.3 is 14.8 Å². The van der Waals surface area contributed by atoms with Crippen molar-refractivity contribution in [1.29, 1.82) is 0 Å². The van der Waals surface area contributed by atoms with Crippen LogP contribution in [0.4, 0.5) is 16.2 Å². The predicted molar refractivity (Wildman–Crippen MR) is 173 cm³/mol. The average molecular weight is 680 g/mol. The fraction of sp³-hybridized carbons (Fsp3) is 0.188. The maximum atomic E-state index is 11.5. The molecular weight excluding hydrogens is 652 g/mol. The Labute approximate surface area is 256 Å². The van der Waals surface area contributed by atoms with Crippen molar-refractivity contribution in [3.63, 3.8) is 0 Å². The monoisotopic (exact) mass is 678 g/mol. The van der Waals surface area contributed by atoms with E-state index in [0.29, 0.717) is 5.17 Å². The van der Waals surface area contributed by atoms with E-state index in [9.17, 15) is 4.79 Å². The number of cyclic esters (lactones) is 1. The van der Waals surface area contributed by atoms with Crippen LogP contribution in [-0.2, 0) is 20.7 Å². The molecule has 204 valence electrons. The third-order valence-electron chi connectivity index (χ3n) is 6.82. The van der Waals surface area contributed by atoms with E-state index in [0.717, 1.165) is 48.1 Å². The van der Waals surface area contributed by atoms with E-state index in [1.165, 1.54) is 5.56 Å². The normalized spacial score (nSPS) is 16.1. The molecule has 0 radical (unpaired) electrons. The van der Waals surface area contributed by atoms with Crippen LogP contribution in [0.1, 0.15) is 38.8 Å².